The molecule has 0 aliphatic carbocycles. The van der Waals surface area contributed by atoms with Gasteiger partial charge in [0.1, 0.15) is 0 Å². The summed E-state index contributed by atoms with van der Waals surface area (Å²) in [5, 5.41) is 9.78. The highest BCUT2D eigenvalue weighted by Gasteiger charge is 2.20. The third-order valence-corrected chi connectivity index (χ3v) is 6.00. The molecule has 0 fully saturated rings. The average Bonchev–Trinajstić information content (AvgIpc) is 2.73. The van der Waals surface area contributed by atoms with Gasteiger partial charge in [-0.3, -0.25) is 4.79 Å². The monoisotopic (exact) mass is 413 g/mol. The first-order valence-corrected chi connectivity index (χ1v) is 10.2. The van der Waals surface area contributed by atoms with Crippen molar-refractivity contribution in [2.75, 3.05) is 0 Å². The van der Waals surface area contributed by atoms with Crippen molar-refractivity contribution in [3.8, 4) is 6.07 Å². The van der Waals surface area contributed by atoms with E-state index < -0.39 is 0 Å². The topological polar surface area (TPSA) is 40.9 Å². The highest BCUT2D eigenvalue weighted by molar-refractivity contribution is 6.30. The lowest BCUT2D eigenvalue weighted by molar-refractivity contribution is 0.101. The number of hydrogen-bond acceptors (Lipinski definition) is 2. The number of rotatable bonds is 4. The molecule has 150 valence electrons. The zero-order valence-electron chi connectivity index (χ0n) is 17.9. The lowest BCUT2D eigenvalue weighted by Gasteiger charge is -2.22. The van der Waals surface area contributed by atoms with Crippen LogP contribution in [0, 0.1) is 39.0 Å². The van der Waals surface area contributed by atoms with Gasteiger partial charge in [-0.05, 0) is 109 Å². The van der Waals surface area contributed by atoms with Crippen molar-refractivity contribution in [2.24, 2.45) is 0 Å². The van der Waals surface area contributed by atoms with Gasteiger partial charge in [0.25, 0.3) is 0 Å². The summed E-state index contributed by atoms with van der Waals surface area (Å²) in [7, 11) is 0. The van der Waals surface area contributed by atoms with Crippen LogP contribution >= 0.6 is 11.6 Å². The van der Waals surface area contributed by atoms with Gasteiger partial charge >= 0.3 is 0 Å². The minimum atomic E-state index is 0.0897. The van der Waals surface area contributed by atoms with Crippen LogP contribution in [0.4, 0.5) is 0 Å². The number of Topliss-reactive ketones (excluding diaryl/α,β-unsaturated/α-hetero) is 1. The van der Waals surface area contributed by atoms with Crippen molar-refractivity contribution in [1.29, 1.82) is 5.26 Å². The molecule has 0 heterocycles. The summed E-state index contributed by atoms with van der Waals surface area (Å²) >= 11 is 6.14. The molecule has 3 aromatic rings. The number of ketones is 1. The van der Waals surface area contributed by atoms with Crippen LogP contribution in [0.5, 0.6) is 0 Å². The molecule has 3 aromatic carbocycles. The molecule has 0 aromatic heterocycles. The SMILES string of the molecule is CC(=O)c1c(C)c(C)c(/C(=C\c2ccc(C#N)cc2)c2ccc(Cl)cc2)c(C)c1C. The summed E-state index contributed by atoms with van der Waals surface area (Å²) in [6.45, 7) is 9.81. The lowest BCUT2D eigenvalue weighted by atomic mass is 9.82. The standard InChI is InChI=1S/C27H24ClNO/c1-16-18(3)27(19(4)17(2)26(16)20(5)30)25(23-10-12-24(28)13-11-23)14-21-6-8-22(15-29)9-7-21/h6-14H,1-5H3/b25-14-. The second kappa shape index (κ2) is 8.69. The number of halogens is 1. The van der Waals surface area contributed by atoms with Gasteiger partial charge in [0, 0.05) is 10.6 Å². The maximum Gasteiger partial charge on any atom is 0.160 e. The number of carbonyl (C=O) groups excluding carboxylic acids is 1. The van der Waals surface area contributed by atoms with E-state index in [1.807, 2.05) is 62.4 Å². The molecule has 3 rings (SSSR count). The van der Waals surface area contributed by atoms with Crippen LogP contribution in [-0.2, 0) is 0 Å². The van der Waals surface area contributed by atoms with E-state index in [9.17, 15) is 4.79 Å². The fraction of sp³-hybridized carbons (Fsp3) is 0.185. The van der Waals surface area contributed by atoms with Gasteiger partial charge in [-0.2, -0.15) is 5.26 Å². The Morgan fingerprint density at radius 3 is 1.80 bits per heavy atom. The molecule has 0 saturated carbocycles. The molecule has 0 aliphatic heterocycles. The molecule has 0 radical (unpaired) electrons. The largest absolute Gasteiger partial charge is 0.294 e. The number of benzene rings is 3. The van der Waals surface area contributed by atoms with Gasteiger partial charge in [-0.15, -0.1) is 0 Å². The van der Waals surface area contributed by atoms with Gasteiger partial charge in [-0.25, -0.2) is 0 Å². The quantitative estimate of drug-likeness (QED) is 0.334. The average molecular weight is 414 g/mol. The first-order valence-electron chi connectivity index (χ1n) is 9.84. The van der Waals surface area contributed by atoms with Crippen molar-refractivity contribution in [3.63, 3.8) is 0 Å². The Morgan fingerprint density at radius 2 is 1.33 bits per heavy atom. The highest BCUT2D eigenvalue weighted by Crippen LogP contribution is 2.36. The Kier molecular flexibility index (Phi) is 6.25. The third kappa shape index (κ3) is 4.08. The van der Waals surface area contributed by atoms with Crippen LogP contribution in [0.3, 0.4) is 0 Å². The fourth-order valence-corrected chi connectivity index (χ4v) is 4.12. The van der Waals surface area contributed by atoms with Crippen molar-refractivity contribution < 1.29 is 4.79 Å². The van der Waals surface area contributed by atoms with Gasteiger partial charge in [0.15, 0.2) is 5.78 Å². The van der Waals surface area contributed by atoms with E-state index in [1.165, 1.54) is 0 Å². The summed E-state index contributed by atoms with van der Waals surface area (Å²) in [6, 6.07) is 17.5. The molecule has 0 spiro atoms. The Hall–Kier alpha value is -3.15. The third-order valence-electron chi connectivity index (χ3n) is 5.75. The second-order valence-electron chi connectivity index (χ2n) is 7.60. The number of carbonyl (C=O) groups is 1. The first-order chi connectivity index (χ1) is 14.2. The summed E-state index contributed by atoms with van der Waals surface area (Å²) in [4.78, 5) is 12.3. The van der Waals surface area contributed by atoms with Crippen LogP contribution in [0.1, 0.15) is 61.8 Å². The summed E-state index contributed by atoms with van der Waals surface area (Å²) in [6.07, 6.45) is 2.13. The molecule has 2 nitrogen and oxygen atoms in total. The number of hydrogen-bond donors (Lipinski definition) is 0. The summed E-state index contributed by atoms with van der Waals surface area (Å²) in [5.74, 6) is 0.0897. The molecule has 0 unspecified atom stereocenters. The predicted molar refractivity (Wildman–Crippen MR) is 125 cm³/mol. The van der Waals surface area contributed by atoms with Gasteiger partial charge in [-0.1, -0.05) is 35.9 Å². The van der Waals surface area contributed by atoms with E-state index in [0.717, 1.165) is 50.1 Å². The van der Waals surface area contributed by atoms with Gasteiger partial charge in [0.2, 0.25) is 0 Å². The fourth-order valence-electron chi connectivity index (χ4n) is 3.99. The van der Waals surface area contributed by atoms with Crippen LogP contribution in [0.25, 0.3) is 11.6 Å². The van der Waals surface area contributed by atoms with Crippen LogP contribution in [0.2, 0.25) is 5.02 Å². The molecule has 0 amide bonds. The van der Waals surface area contributed by atoms with E-state index in [0.29, 0.717) is 10.6 Å². The number of nitrogens with zero attached hydrogens (tertiary/aromatic N) is 1. The van der Waals surface area contributed by atoms with Crippen molar-refractivity contribution in [1.82, 2.24) is 0 Å². The molecule has 0 N–H and O–H groups in total. The molecule has 0 saturated heterocycles. The Labute approximate surface area is 183 Å². The van der Waals surface area contributed by atoms with E-state index in [1.54, 1.807) is 6.92 Å². The van der Waals surface area contributed by atoms with Crippen molar-refractivity contribution >= 4 is 29.0 Å². The van der Waals surface area contributed by atoms with E-state index in [4.69, 9.17) is 16.9 Å². The van der Waals surface area contributed by atoms with Crippen LogP contribution < -0.4 is 0 Å². The zero-order valence-corrected chi connectivity index (χ0v) is 18.7. The van der Waals surface area contributed by atoms with Gasteiger partial charge in [0.05, 0.1) is 11.6 Å². The Morgan fingerprint density at radius 1 is 0.833 bits per heavy atom. The molecular formula is C27H24ClNO. The predicted octanol–water partition coefficient (Wildman–Crippen LogP) is 7.24. The normalized spacial score (nSPS) is 11.3. The van der Waals surface area contributed by atoms with Crippen molar-refractivity contribution in [3.05, 3.63) is 104 Å². The van der Waals surface area contributed by atoms with Crippen LogP contribution in [-0.4, -0.2) is 5.78 Å². The zero-order chi connectivity index (χ0) is 22.0. The molecule has 30 heavy (non-hydrogen) atoms. The lowest BCUT2D eigenvalue weighted by Crippen LogP contribution is -2.08. The minimum Gasteiger partial charge on any atom is -0.294 e. The van der Waals surface area contributed by atoms with Crippen molar-refractivity contribution in [2.45, 2.75) is 34.6 Å². The molecule has 0 bridgehead atoms. The second-order valence-corrected chi connectivity index (χ2v) is 8.04. The highest BCUT2D eigenvalue weighted by atomic mass is 35.5. The van der Waals surface area contributed by atoms with Crippen LogP contribution in [0.15, 0.2) is 48.5 Å². The minimum absolute atomic E-state index is 0.0897. The van der Waals surface area contributed by atoms with E-state index >= 15 is 0 Å². The maximum atomic E-state index is 12.3. The smallest absolute Gasteiger partial charge is 0.160 e. The first kappa shape index (κ1) is 21.6. The molecule has 3 heteroatoms. The Balaban J connectivity index is 2.33. The summed E-state index contributed by atoms with van der Waals surface area (Å²) < 4.78 is 0. The molecule has 0 aliphatic rings. The molecule has 0 atom stereocenters. The molecular weight excluding hydrogens is 390 g/mol. The van der Waals surface area contributed by atoms with Gasteiger partial charge < -0.3 is 0 Å². The number of nitriles is 1. The summed E-state index contributed by atoms with van der Waals surface area (Å²) in [5.41, 5.74) is 9.90. The Bertz CT molecular complexity index is 1160. The maximum absolute atomic E-state index is 12.3. The van der Waals surface area contributed by atoms with E-state index in [2.05, 4.69) is 26.0 Å². The van der Waals surface area contributed by atoms with E-state index in [-0.39, 0.29) is 5.78 Å².